The van der Waals surface area contributed by atoms with Crippen LogP contribution in [0.2, 0.25) is 0 Å². The average Bonchev–Trinajstić information content (AvgIpc) is 2.13. The highest BCUT2D eigenvalue weighted by Crippen LogP contribution is 2.10. The Labute approximate surface area is 74.4 Å². The van der Waals surface area contributed by atoms with Gasteiger partial charge in [0.25, 0.3) is 5.56 Å². The number of nitrogens with zero attached hydrogens (tertiary/aromatic N) is 1. The van der Waals surface area contributed by atoms with Gasteiger partial charge < -0.3 is 20.6 Å². The van der Waals surface area contributed by atoms with Gasteiger partial charge in [-0.2, -0.15) is 0 Å². The third-order valence-electron chi connectivity index (χ3n) is 1.39. The standard InChI is InChI=1S/C7H11N3O3/c8-5-6(12)9-4-10-7(5)13-3-1-2-11/h4,11H,1-3,8H2,(H,9,10,12). The zero-order chi connectivity index (χ0) is 9.68. The van der Waals surface area contributed by atoms with Gasteiger partial charge in [-0.1, -0.05) is 0 Å². The van der Waals surface area contributed by atoms with Crippen LogP contribution < -0.4 is 16.0 Å². The predicted octanol–water partition coefficient (Wildman–Crippen LogP) is -0.887. The molecule has 1 aromatic heterocycles. The van der Waals surface area contributed by atoms with E-state index in [1.165, 1.54) is 6.33 Å². The van der Waals surface area contributed by atoms with E-state index in [1.807, 2.05) is 0 Å². The number of H-pyrrole nitrogens is 1. The molecule has 0 aromatic carbocycles. The molecule has 13 heavy (non-hydrogen) atoms. The molecular weight excluding hydrogens is 174 g/mol. The SMILES string of the molecule is Nc1c(OCCCO)nc[nH]c1=O. The minimum Gasteiger partial charge on any atom is -0.476 e. The van der Waals surface area contributed by atoms with Gasteiger partial charge in [0.2, 0.25) is 5.88 Å². The van der Waals surface area contributed by atoms with Crippen molar-refractivity contribution in [3.05, 3.63) is 16.7 Å². The Morgan fingerprint density at radius 3 is 3.15 bits per heavy atom. The number of nitrogens with one attached hydrogen (secondary N) is 1. The van der Waals surface area contributed by atoms with E-state index in [0.29, 0.717) is 6.42 Å². The van der Waals surface area contributed by atoms with Crippen LogP contribution in [0.3, 0.4) is 0 Å². The van der Waals surface area contributed by atoms with Gasteiger partial charge in [-0.25, -0.2) is 4.98 Å². The van der Waals surface area contributed by atoms with Gasteiger partial charge in [-0.05, 0) is 0 Å². The quantitative estimate of drug-likeness (QED) is 0.528. The second-order valence-corrected chi connectivity index (χ2v) is 2.38. The maximum absolute atomic E-state index is 10.9. The molecule has 6 nitrogen and oxygen atoms in total. The van der Waals surface area contributed by atoms with Crippen molar-refractivity contribution in [3.8, 4) is 5.88 Å². The first-order valence-corrected chi connectivity index (χ1v) is 3.82. The van der Waals surface area contributed by atoms with Crippen molar-refractivity contribution in [1.29, 1.82) is 0 Å². The molecule has 0 atom stereocenters. The van der Waals surface area contributed by atoms with Crippen molar-refractivity contribution in [2.24, 2.45) is 0 Å². The van der Waals surface area contributed by atoms with Crippen LogP contribution in [-0.2, 0) is 0 Å². The molecule has 0 aliphatic rings. The average molecular weight is 185 g/mol. The first-order valence-electron chi connectivity index (χ1n) is 3.82. The molecule has 0 spiro atoms. The monoisotopic (exact) mass is 185 g/mol. The number of nitrogen functional groups attached to an aromatic ring is 1. The molecule has 1 rings (SSSR count). The van der Waals surface area contributed by atoms with Gasteiger partial charge in [-0.3, -0.25) is 4.79 Å². The molecule has 1 aromatic rings. The Morgan fingerprint density at radius 2 is 2.46 bits per heavy atom. The summed E-state index contributed by atoms with van der Waals surface area (Å²) >= 11 is 0. The van der Waals surface area contributed by atoms with Crippen LogP contribution in [0.4, 0.5) is 5.69 Å². The Kier molecular flexibility index (Phi) is 3.27. The fraction of sp³-hybridized carbons (Fsp3) is 0.429. The topological polar surface area (TPSA) is 101 Å². The number of ether oxygens (including phenoxy) is 1. The molecular formula is C7H11N3O3. The first kappa shape index (κ1) is 9.53. The molecule has 1 heterocycles. The number of rotatable bonds is 4. The summed E-state index contributed by atoms with van der Waals surface area (Å²) in [7, 11) is 0. The highest BCUT2D eigenvalue weighted by molar-refractivity contribution is 5.44. The number of aromatic amines is 1. The van der Waals surface area contributed by atoms with Crippen molar-refractivity contribution >= 4 is 5.69 Å². The highest BCUT2D eigenvalue weighted by Gasteiger charge is 2.04. The van der Waals surface area contributed by atoms with Gasteiger partial charge in [0.05, 0.1) is 12.9 Å². The van der Waals surface area contributed by atoms with E-state index >= 15 is 0 Å². The van der Waals surface area contributed by atoms with Crippen molar-refractivity contribution < 1.29 is 9.84 Å². The molecule has 0 aliphatic carbocycles. The van der Waals surface area contributed by atoms with Crippen LogP contribution in [0.25, 0.3) is 0 Å². The minimum atomic E-state index is -0.422. The largest absolute Gasteiger partial charge is 0.476 e. The minimum absolute atomic E-state index is 0.0308. The van der Waals surface area contributed by atoms with Gasteiger partial charge in [0, 0.05) is 13.0 Å². The maximum atomic E-state index is 10.9. The lowest BCUT2D eigenvalue weighted by atomic mass is 10.5. The summed E-state index contributed by atoms with van der Waals surface area (Å²) in [6, 6.07) is 0. The summed E-state index contributed by atoms with van der Waals surface area (Å²) in [6.07, 6.45) is 1.70. The van der Waals surface area contributed by atoms with Crippen LogP contribution in [0.1, 0.15) is 6.42 Å². The summed E-state index contributed by atoms with van der Waals surface area (Å²) in [5, 5.41) is 8.47. The molecule has 0 radical (unpaired) electrons. The van der Waals surface area contributed by atoms with Gasteiger partial charge in [0.1, 0.15) is 0 Å². The molecule has 0 fully saturated rings. The predicted molar refractivity (Wildman–Crippen MR) is 46.5 cm³/mol. The fourth-order valence-corrected chi connectivity index (χ4v) is 0.742. The van der Waals surface area contributed by atoms with Crippen LogP contribution in [0.15, 0.2) is 11.1 Å². The van der Waals surface area contributed by atoms with Crippen molar-refractivity contribution in [1.82, 2.24) is 9.97 Å². The van der Waals surface area contributed by atoms with E-state index in [1.54, 1.807) is 0 Å². The molecule has 0 aliphatic heterocycles. The zero-order valence-electron chi connectivity index (χ0n) is 6.99. The van der Waals surface area contributed by atoms with E-state index in [-0.39, 0.29) is 24.8 Å². The van der Waals surface area contributed by atoms with Crippen LogP contribution >= 0.6 is 0 Å². The summed E-state index contributed by atoms with van der Waals surface area (Å²) < 4.78 is 5.04. The second-order valence-electron chi connectivity index (χ2n) is 2.38. The number of aliphatic hydroxyl groups is 1. The molecule has 72 valence electrons. The fourth-order valence-electron chi connectivity index (χ4n) is 0.742. The number of hydrogen-bond donors (Lipinski definition) is 3. The third kappa shape index (κ3) is 2.45. The zero-order valence-corrected chi connectivity index (χ0v) is 6.99. The molecule has 0 unspecified atom stereocenters. The number of aliphatic hydroxyl groups excluding tert-OH is 1. The molecule has 0 bridgehead atoms. The Morgan fingerprint density at radius 1 is 1.69 bits per heavy atom. The van der Waals surface area contributed by atoms with E-state index in [4.69, 9.17) is 15.6 Å². The van der Waals surface area contributed by atoms with E-state index in [9.17, 15) is 4.79 Å². The Bertz CT molecular complexity index is 323. The Hall–Kier alpha value is -1.56. The molecule has 0 amide bonds. The summed E-state index contributed by atoms with van der Waals surface area (Å²) in [6.45, 7) is 0.320. The van der Waals surface area contributed by atoms with E-state index < -0.39 is 5.56 Å². The van der Waals surface area contributed by atoms with Crippen LogP contribution in [0.5, 0.6) is 5.88 Å². The van der Waals surface area contributed by atoms with Crippen LogP contribution in [0, 0.1) is 0 Å². The lowest BCUT2D eigenvalue weighted by Crippen LogP contribution is -2.15. The lowest BCUT2D eigenvalue weighted by Gasteiger charge is -2.04. The van der Waals surface area contributed by atoms with Gasteiger partial charge >= 0.3 is 0 Å². The molecule has 6 heteroatoms. The smallest absolute Gasteiger partial charge is 0.277 e. The number of anilines is 1. The lowest BCUT2D eigenvalue weighted by molar-refractivity contribution is 0.229. The number of hydrogen-bond acceptors (Lipinski definition) is 5. The van der Waals surface area contributed by atoms with Crippen molar-refractivity contribution in [3.63, 3.8) is 0 Å². The first-order chi connectivity index (χ1) is 6.25. The van der Waals surface area contributed by atoms with Crippen molar-refractivity contribution in [2.75, 3.05) is 18.9 Å². The van der Waals surface area contributed by atoms with E-state index in [2.05, 4.69) is 9.97 Å². The Balaban J connectivity index is 2.66. The second kappa shape index (κ2) is 4.46. The number of aromatic nitrogens is 2. The normalized spacial score (nSPS) is 9.92. The van der Waals surface area contributed by atoms with E-state index in [0.717, 1.165) is 0 Å². The highest BCUT2D eigenvalue weighted by atomic mass is 16.5. The third-order valence-corrected chi connectivity index (χ3v) is 1.39. The molecule has 0 saturated heterocycles. The molecule has 4 N–H and O–H groups in total. The maximum Gasteiger partial charge on any atom is 0.277 e. The van der Waals surface area contributed by atoms with Gasteiger partial charge in [0.15, 0.2) is 5.69 Å². The summed E-state index contributed by atoms with van der Waals surface area (Å²) in [4.78, 5) is 17.0. The molecule has 0 saturated carbocycles. The summed E-state index contributed by atoms with van der Waals surface area (Å²) in [5.74, 6) is 0.109. The summed E-state index contributed by atoms with van der Waals surface area (Å²) in [5.41, 5.74) is 4.91. The van der Waals surface area contributed by atoms with Crippen LogP contribution in [-0.4, -0.2) is 28.3 Å². The van der Waals surface area contributed by atoms with Crippen molar-refractivity contribution in [2.45, 2.75) is 6.42 Å². The number of nitrogens with two attached hydrogens (primary N) is 1. The van der Waals surface area contributed by atoms with Gasteiger partial charge in [-0.15, -0.1) is 0 Å².